The molecule has 10 atom stereocenters. The Hall–Kier alpha value is -1.10. The van der Waals surface area contributed by atoms with E-state index in [2.05, 4.69) is 13.8 Å². The maximum Gasteiger partial charge on any atom is 0.569 e. The fourth-order valence-electron chi connectivity index (χ4n) is 8.43. The van der Waals surface area contributed by atoms with Gasteiger partial charge in [-0.2, -0.15) is 0 Å². The van der Waals surface area contributed by atoms with E-state index in [1.165, 1.54) is 22.7 Å². The van der Waals surface area contributed by atoms with E-state index in [0.29, 0.717) is 40.7 Å². The Morgan fingerprint density at radius 3 is 2.49 bits per heavy atom. The predicted octanol–water partition coefficient (Wildman–Crippen LogP) is 2.68. The summed E-state index contributed by atoms with van der Waals surface area (Å²) in [5, 5.41) is 29.2. The van der Waals surface area contributed by atoms with Gasteiger partial charge < -0.3 is 19.7 Å². The SMILES string of the molecule is CC1CC2C(CC(C)C3C4Sc5cc(O[B]O)sc5C4C(=O)C23)C2C(=O)c3cc(B(O)O)sc3C12. The van der Waals surface area contributed by atoms with E-state index in [4.69, 9.17) is 9.68 Å². The van der Waals surface area contributed by atoms with E-state index in [-0.39, 0.29) is 52.5 Å². The average Bonchev–Trinajstić information content (AvgIpc) is 3.57. The van der Waals surface area contributed by atoms with Crippen LogP contribution in [-0.2, 0) is 4.79 Å². The van der Waals surface area contributed by atoms with Gasteiger partial charge in [-0.25, -0.2) is 0 Å². The highest BCUT2D eigenvalue weighted by molar-refractivity contribution is 8.00. The molecule has 11 heteroatoms. The maximum absolute atomic E-state index is 14.1. The summed E-state index contributed by atoms with van der Waals surface area (Å²) >= 11 is 4.64. The van der Waals surface area contributed by atoms with Gasteiger partial charge in [-0.05, 0) is 48.5 Å². The minimum atomic E-state index is -1.55. The third-order valence-electron chi connectivity index (χ3n) is 9.50. The normalized spacial score (nSPS) is 40.5. The first-order chi connectivity index (χ1) is 16.8. The van der Waals surface area contributed by atoms with Crippen molar-refractivity contribution in [1.82, 2.24) is 0 Å². The highest BCUT2D eigenvalue weighted by Gasteiger charge is 2.65. The minimum absolute atomic E-state index is 0.0140. The molecular weight excluding hydrogens is 502 g/mol. The van der Waals surface area contributed by atoms with Gasteiger partial charge in [0.25, 0.3) is 0 Å². The van der Waals surface area contributed by atoms with E-state index in [1.807, 2.05) is 6.07 Å². The Labute approximate surface area is 216 Å². The summed E-state index contributed by atoms with van der Waals surface area (Å²) in [6, 6.07) is 3.63. The molecule has 35 heavy (non-hydrogen) atoms. The van der Waals surface area contributed by atoms with Crippen molar-refractivity contribution < 1.29 is 29.3 Å². The van der Waals surface area contributed by atoms with Gasteiger partial charge >= 0.3 is 14.8 Å². The van der Waals surface area contributed by atoms with Gasteiger partial charge in [-0.15, -0.1) is 34.4 Å². The number of rotatable bonds is 3. The van der Waals surface area contributed by atoms with Crippen LogP contribution in [0.1, 0.15) is 58.6 Å². The number of ketones is 2. The first kappa shape index (κ1) is 23.0. The molecule has 3 N–H and O–H groups in total. The topological polar surface area (TPSA) is 104 Å². The standard InChI is InChI=1S/C24H25B2O6S3/c1-7-3-10-9(17-15(7)22-11(20(17)27)5-13(34-22)26(30)31)4-8(2)16-18(10)21(28)19-23-12(33-24(16)19)6-14(35-23)32-25-29/h5-10,15-19,24,29-31H,3-4H2,1-2H3. The number of carbonyl (C=O) groups excluding carboxylic acids is 2. The molecular formula is C24H25B2O6S3. The van der Waals surface area contributed by atoms with Gasteiger partial charge in [0.05, 0.1) is 5.92 Å². The molecule has 0 amide bonds. The van der Waals surface area contributed by atoms with Crippen LogP contribution < -0.4 is 9.43 Å². The van der Waals surface area contributed by atoms with Crippen LogP contribution in [0, 0.1) is 41.4 Å². The Bertz CT molecular complexity index is 1240. The second kappa shape index (κ2) is 7.95. The zero-order valence-corrected chi connectivity index (χ0v) is 21.7. The van der Waals surface area contributed by atoms with Crippen molar-refractivity contribution in [1.29, 1.82) is 0 Å². The van der Waals surface area contributed by atoms with E-state index in [0.717, 1.165) is 27.5 Å². The van der Waals surface area contributed by atoms with E-state index >= 15 is 0 Å². The smallest absolute Gasteiger partial charge is 0.530 e. The van der Waals surface area contributed by atoms with Crippen LogP contribution in [0.25, 0.3) is 0 Å². The molecule has 3 fully saturated rings. The number of thioether (sulfide) groups is 1. The largest absolute Gasteiger partial charge is 0.569 e. The summed E-state index contributed by atoms with van der Waals surface area (Å²) in [5.74, 6) is 1.72. The summed E-state index contributed by atoms with van der Waals surface area (Å²) in [6.45, 7) is 4.48. The van der Waals surface area contributed by atoms with Crippen LogP contribution in [0.3, 0.4) is 0 Å². The molecule has 6 nitrogen and oxygen atoms in total. The molecule has 0 saturated heterocycles. The van der Waals surface area contributed by atoms with Crippen molar-refractivity contribution in [3.8, 4) is 5.06 Å². The van der Waals surface area contributed by atoms with Gasteiger partial charge in [-0.3, -0.25) is 9.59 Å². The van der Waals surface area contributed by atoms with Crippen LogP contribution in [-0.4, -0.2) is 46.7 Å². The molecule has 1 radical (unpaired) electrons. The molecule has 0 spiro atoms. The molecule has 181 valence electrons. The van der Waals surface area contributed by atoms with Crippen LogP contribution in [0.15, 0.2) is 17.0 Å². The van der Waals surface area contributed by atoms with Gasteiger partial charge in [0.15, 0.2) is 10.8 Å². The van der Waals surface area contributed by atoms with Gasteiger partial charge in [0.2, 0.25) is 0 Å². The third-order valence-corrected chi connectivity index (χ3v) is 13.5. The summed E-state index contributed by atoms with van der Waals surface area (Å²) < 4.78 is 5.63. The number of carbonyl (C=O) groups is 2. The lowest BCUT2D eigenvalue weighted by atomic mass is 9.52. The van der Waals surface area contributed by atoms with E-state index in [9.17, 15) is 19.6 Å². The molecule has 4 aliphatic carbocycles. The average molecular weight is 527 g/mol. The van der Waals surface area contributed by atoms with Gasteiger partial charge in [-0.1, -0.05) is 13.8 Å². The Morgan fingerprint density at radius 1 is 1.00 bits per heavy atom. The Morgan fingerprint density at radius 2 is 1.74 bits per heavy atom. The monoisotopic (exact) mass is 527 g/mol. The van der Waals surface area contributed by atoms with E-state index < -0.39 is 7.12 Å². The minimum Gasteiger partial charge on any atom is -0.530 e. The van der Waals surface area contributed by atoms with Crippen LogP contribution >= 0.6 is 34.4 Å². The maximum atomic E-state index is 14.1. The molecule has 2 aromatic heterocycles. The zero-order chi connectivity index (χ0) is 24.3. The van der Waals surface area contributed by atoms with Crippen molar-refractivity contribution in [3.63, 3.8) is 0 Å². The highest BCUT2D eigenvalue weighted by atomic mass is 32.2. The van der Waals surface area contributed by atoms with Crippen LogP contribution in [0.2, 0.25) is 0 Å². The summed E-state index contributed by atoms with van der Waals surface area (Å²) in [5.41, 5.74) is 0.678. The van der Waals surface area contributed by atoms with Crippen LogP contribution in [0.4, 0.5) is 0 Å². The quantitative estimate of drug-likeness (QED) is 0.528. The Balaban J connectivity index is 1.23. The fourth-order valence-corrected chi connectivity index (χ4v) is 12.9. The van der Waals surface area contributed by atoms with Crippen molar-refractivity contribution in [2.24, 2.45) is 41.4 Å². The molecule has 0 bridgehead atoms. The number of hydrogen-bond acceptors (Lipinski definition) is 9. The lowest BCUT2D eigenvalue weighted by molar-refractivity contribution is -0.129. The molecule has 7 rings (SSSR count). The molecule has 5 aliphatic rings. The molecule has 3 saturated carbocycles. The summed E-state index contributed by atoms with van der Waals surface area (Å²) in [6.07, 6.45) is 1.90. The lowest BCUT2D eigenvalue weighted by Gasteiger charge is -2.52. The number of thiophene rings is 2. The molecule has 1 aliphatic heterocycles. The highest BCUT2D eigenvalue weighted by Crippen LogP contribution is 2.68. The fraction of sp³-hybridized carbons (Fsp3) is 0.583. The predicted molar refractivity (Wildman–Crippen MR) is 137 cm³/mol. The number of fused-ring (bicyclic) bond motifs is 11. The van der Waals surface area contributed by atoms with Gasteiger partial charge in [0.1, 0.15) is 5.78 Å². The third kappa shape index (κ3) is 3.03. The second-order valence-corrected chi connectivity index (χ2v) is 14.4. The first-order valence-corrected chi connectivity index (χ1v) is 14.8. The number of Topliss-reactive ketones (excluding diaryl/α,β-unsaturated/α-hetero) is 2. The molecule has 3 heterocycles. The van der Waals surface area contributed by atoms with Gasteiger partial charge in [0, 0.05) is 54.1 Å². The lowest BCUT2D eigenvalue weighted by Crippen LogP contribution is -2.49. The van der Waals surface area contributed by atoms with E-state index in [1.54, 1.807) is 17.8 Å². The molecule has 10 unspecified atom stereocenters. The van der Waals surface area contributed by atoms with Crippen LogP contribution in [0.5, 0.6) is 5.06 Å². The zero-order valence-electron chi connectivity index (χ0n) is 19.3. The van der Waals surface area contributed by atoms with Crippen molar-refractivity contribution in [2.75, 3.05) is 0 Å². The number of hydrogen-bond donors (Lipinski definition) is 3. The first-order valence-electron chi connectivity index (χ1n) is 12.3. The molecule has 2 aromatic rings. The summed E-state index contributed by atoms with van der Waals surface area (Å²) in [7, 11) is -0.858. The van der Waals surface area contributed by atoms with Crippen molar-refractivity contribution >= 4 is 65.6 Å². The Kier molecular flexibility index (Phi) is 5.23. The molecule has 0 aromatic carbocycles. The van der Waals surface area contributed by atoms with Crippen molar-refractivity contribution in [3.05, 3.63) is 27.5 Å². The summed E-state index contributed by atoms with van der Waals surface area (Å²) in [4.78, 5) is 31.0. The second-order valence-electron chi connectivity index (χ2n) is 11.1. The van der Waals surface area contributed by atoms with Crippen molar-refractivity contribution in [2.45, 2.75) is 48.7 Å².